The number of unbranched alkanes of at least 4 members (excludes halogenated alkanes) is 1. The Labute approximate surface area is 210 Å². The van der Waals surface area contributed by atoms with Crippen LogP contribution in [0.15, 0.2) is 78.0 Å². The maximum Gasteiger partial charge on any atom is 0.233 e. The minimum atomic E-state index is -0.354. The van der Waals surface area contributed by atoms with Gasteiger partial charge in [-0.3, -0.25) is 4.79 Å². The van der Waals surface area contributed by atoms with Gasteiger partial charge in [0.2, 0.25) is 5.91 Å². The molecular weight excluding hydrogens is 462 g/mol. The van der Waals surface area contributed by atoms with Crippen LogP contribution in [-0.4, -0.2) is 25.3 Å². The number of halogens is 2. The van der Waals surface area contributed by atoms with Gasteiger partial charge >= 0.3 is 0 Å². The first-order chi connectivity index (χ1) is 17.5. The summed E-state index contributed by atoms with van der Waals surface area (Å²) in [6.07, 6.45) is 3.04. The van der Waals surface area contributed by atoms with Crippen molar-refractivity contribution in [2.24, 2.45) is 11.1 Å². The molecule has 0 aromatic heterocycles. The first-order valence-corrected chi connectivity index (χ1v) is 12.2. The molecule has 0 bridgehead atoms. The van der Waals surface area contributed by atoms with Crippen LogP contribution in [0.4, 0.5) is 14.5 Å². The minimum Gasteiger partial charge on any atom is -0.494 e. The van der Waals surface area contributed by atoms with E-state index in [0.29, 0.717) is 30.8 Å². The molecular formula is C29H30F2N2O3. The Bertz CT molecular complexity index is 1180. The summed E-state index contributed by atoms with van der Waals surface area (Å²) in [5.41, 5.74) is 3.00. The van der Waals surface area contributed by atoms with Crippen LogP contribution in [0.1, 0.15) is 49.8 Å². The van der Waals surface area contributed by atoms with E-state index in [1.54, 1.807) is 29.2 Å². The molecule has 1 amide bonds. The maximum atomic E-state index is 13.5. The first-order valence-electron chi connectivity index (χ1n) is 12.2. The summed E-state index contributed by atoms with van der Waals surface area (Å²) < 4.78 is 32.7. The summed E-state index contributed by atoms with van der Waals surface area (Å²) in [6, 6.07) is 19.6. The van der Waals surface area contributed by atoms with Crippen LogP contribution in [-0.2, 0) is 9.63 Å². The SMILES string of the molecule is CCCCOc1ccc([C@@H]2[C@@H](CC/C(=N/OC)c3ccc(F)cc3)C(=O)N2c2ccc(F)cc2)cc1. The average Bonchev–Trinajstić information content (AvgIpc) is 2.89. The minimum absolute atomic E-state index is 0.0363. The highest BCUT2D eigenvalue weighted by molar-refractivity contribution is 6.04. The molecule has 7 heteroatoms. The number of hydrogen-bond acceptors (Lipinski definition) is 4. The van der Waals surface area contributed by atoms with Gasteiger partial charge in [0.05, 0.1) is 24.3 Å². The second-order valence-corrected chi connectivity index (χ2v) is 8.77. The lowest BCUT2D eigenvalue weighted by atomic mass is 9.78. The monoisotopic (exact) mass is 492 g/mol. The van der Waals surface area contributed by atoms with Crippen LogP contribution >= 0.6 is 0 Å². The van der Waals surface area contributed by atoms with Crippen molar-refractivity contribution in [1.82, 2.24) is 0 Å². The highest BCUT2D eigenvalue weighted by atomic mass is 19.1. The second kappa shape index (κ2) is 11.8. The highest BCUT2D eigenvalue weighted by Crippen LogP contribution is 2.46. The summed E-state index contributed by atoms with van der Waals surface area (Å²) in [6.45, 7) is 2.77. The lowest BCUT2D eigenvalue weighted by Gasteiger charge is -2.47. The van der Waals surface area contributed by atoms with Crippen LogP contribution in [0.25, 0.3) is 0 Å². The fourth-order valence-electron chi connectivity index (χ4n) is 4.48. The van der Waals surface area contributed by atoms with Crippen LogP contribution in [0.2, 0.25) is 0 Å². The third-order valence-electron chi connectivity index (χ3n) is 6.38. The Morgan fingerprint density at radius 1 is 0.944 bits per heavy atom. The summed E-state index contributed by atoms with van der Waals surface area (Å²) in [5, 5.41) is 4.12. The van der Waals surface area contributed by atoms with Gasteiger partial charge in [0.15, 0.2) is 0 Å². The normalized spacial score (nSPS) is 17.6. The van der Waals surface area contributed by atoms with Gasteiger partial charge in [0.25, 0.3) is 0 Å². The van der Waals surface area contributed by atoms with Crippen LogP contribution in [0, 0.1) is 17.6 Å². The molecule has 1 aliphatic rings. The van der Waals surface area contributed by atoms with Crippen LogP contribution < -0.4 is 9.64 Å². The molecule has 3 aromatic rings. The molecule has 0 unspecified atom stereocenters. The van der Waals surface area contributed by atoms with Crippen molar-refractivity contribution in [3.63, 3.8) is 0 Å². The molecule has 0 saturated carbocycles. The van der Waals surface area contributed by atoms with E-state index >= 15 is 0 Å². The molecule has 0 spiro atoms. The lowest BCUT2D eigenvalue weighted by Crippen LogP contribution is -2.55. The zero-order chi connectivity index (χ0) is 25.5. The Hall–Kier alpha value is -3.74. The largest absolute Gasteiger partial charge is 0.494 e. The fourth-order valence-corrected chi connectivity index (χ4v) is 4.48. The van der Waals surface area contributed by atoms with E-state index in [1.807, 2.05) is 24.3 Å². The molecule has 1 aliphatic heterocycles. The molecule has 1 saturated heterocycles. The van der Waals surface area contributed by atoms with Gasteiger partial charge in [-0.2, -0.15) is 0 Å². The zero-order valence-electron chi connectivity index (χ0n) is 20.5. The van der Waals surface area contributed by atoms with Gasteiger partial charge in [-0.05, 0) is 78.9 Å². The second-order valence-electron chi connectivity index (χ2n) is 8.77. The number of hydrogen-bond donors (Lipinski definition) is 0. The summed E-state index contributed by atoms with van der Waals surface area (Å²) >= 11 is 0. The molecule has 1 fully saturated rings. The van der Waals surface area contributed by atoms with E-state index < -0.39 is 0 Å². The van der Waals surface area contributed by atoms with Gasteiger partial charge in [0.1, 0.15) is 24.5 Å². The maximum absolute atomic E-state index is 13.5. The van der Waals surface area contributed by atoms with E-state index in [4.69, 9.17) is 9.57 Å². The third kappa shape index (κ3) is 5.73. The standard InChI is InChI=1S/C29H30F2N2O3/c1-3-4-19-36-25-15-7-21(8-16-25)28-26(29(34)33(28)24-13-11-23(31)12-14-24)17-18-27(32-35-2)20-5-9-22(30)10-6-20/h5-16,26,28H,3-4,17-19H2,1-2H3/b32-27-/t26-,28-/m1/s1. The Morgan fingerprint density at radius 2 is 1.58 bits per heavy atom. The molecule has 0 radical (unpaired) electrons. The average molecular weight is 493 g/mol. The molecule has 2 atom stereocenters. The van der Waals surface area contributed by atoms with Crippen molar-refractivity contribution in [3.05, 3.63) is 95.6 Å². The number of amides is 1. The third-order valence-corrected chi connectivity index (χ3v) is 6.38. The zero-order valence-corrected chi connectivity index (χ0v) is 20.5. The van der Waals surface area contributed by atoms with Crippen molar-refractivity contribution >= 4 is 17.3 Å². The number of carbonyl (C=O) groups is 1. The number of oxime groups is 1. The van der Waals surface area contributed by atoms with E-state index in [9.17, 15) is 13.6 Å². The van der Waals surface area contributed by atoms with E-state index in [1.165, 1.54) is 31.4 Å². The topological polar surface area (TPSA) is 51.1 Å². The molecule has 0 aliphatic carbocycles. The smallest absolute Gasteiger partial charge is 0.233 e. The summed E-state index contributed by atoms with van der Waals surface area (Å²) in [4.78, 5) is 20.0. The van der Waals surface area contributed by atoms with Gasteiger partial charge in [-0.15, -0.1) is 0 Å². The number of β-lactam (4-membered cyclic amide) rings is 1. The molecule has 3 aromatic carbocycles. The number of nitrogens with zero attached hydrogens (tertiary/aromatic N) is 2. The fraction of sp³-hybridized carbons (Fsp3) is 0.310. The predicted octanol–water partition coefficient (Wildman–Crippen LogP) is 6.68. The van der Waals surface area contributed by atoms with Gasteiger partial charge in [-0.1, -0.05) is 42.8 Å². The number of benzene rings is 3. The van der Waals surface area contributed by atoms with E-state index in [2.05, 4.69) is 12.1 Å². The van der Waals surface area contributed by atoms with Crippen LogP contribution in [0.5, 0.6) is 5.75 Å². The quantitative estimate of drug-likeness (QED) is 0.130. The molecule has 4 rings (SSSR count). The summed E-state index contributed by atoms with van der Waals surface area (Å²) in [7, 11) is 1.46. The Kier molecular flexibility index (Phi) is 8.31. The Morgan fingerprint density at radius 3 is 2.19 bits per heavy atom. The van der Waals surface area contributed by atoms with Crippen molar-refractivity contribution in [3.8, 4) is 5.75 Å². The number of ether oxygens (including phenoxy) is 1. The van der Waals surface area contributed by atoms with Gasteiger partial charge in [0, 0.05) is 5.69 Å². The molecule has 0 N–H and O–H groups in total. The van der Waals surface area contributed by atoms with Gasteiger partial charge < -0.3 is 14.5 Å². The first kappa shape index (κ1) is 25.4. The predicted molar refractivity (Wildman–Crippen MR) is 136 cm³/mol. The van der Waals surface area contributed by atoms with E-state index in [0.717, 1.165) is 29.7 Å². The number of carbonyl (C=O) groups excluding carboxylic acids is 1. The van der Waals surface area contributed by atoms with Crippen LogP contribution in [0.3, 0.4) is 0 Å². The molecule has 1 heterocycles. The van der Waals surface area contributed by atoms with Crippen molar-refractivity contribution in [2.45, 2.75) is 38.6 Å². The van der Waals surface area contributed by atoms with Crippen molar-refractivity contribution in [2.75, 3.05) is 18.6 Å². The summed E-state index contributed by atoms with van der Waals surface area (Å²) in [5.74, 6) is -0.237. The highest BCUT2D eigenvalue weighted by Gasteiger charge is 2.48. The van der Waals surface area contributed by atoms with E-state index in [-0.39, 0.29) is 29.5 Å². The van der Waals surface area contributed by atoms with Crippen molar-refractivity contribution in [1.29, 1.82) is 0 Å². The molecule has 36 heavy (non-hydrogen) atoms. The molecule has 5 nitrogen and oxygen atoms in total. The molecule has 188 valence electrons. The van der Waals surface area contributed by atoms with Gasteiger partial charge in [-0.25, -0.2) is 8.78 Å². The van der Waals surface area contributed by atoms with Crippen molar-refractivity contribution < 1.29 is 23.1 Å². The number of rotatable bonds is 11. The lowest BCUT2D eigenvalue weighted by molar-refractivity contribution is -0.130. The number of anilines is 1. The Balaban J connectivity index is 1.56.